The highest BCUT2D eigenvalue weighted by molar-refractivity contribution is 6.38. The van der Waals surface area contributed by atoms with Crippen molar-refractivity contribution in [3.8, 4) is 0 Å². The lowest BCUT2D eigenvalue weighted by atomic mass is 9.84. The molecule has 40 heavy (non-hydrogen) atoms. The van der Waals surface area contributed by atoms with Gasteiger partial charge in [-0.2, -0.15) is 0 Å². The van der Waals surface area contributed by atoms with E-state index < -0.39 is 17.8 Å². The maximum absolute atomic E-state index is 13.4. The van der Waals surface area contributed by atoms with E-state index in [1.54, 1.807) is 36.4 Å². The Balaban J connectivity index is 1.63. The zero-order valence-corrected chi connectivity index (χ0v) is 21.0. The highest BCUT2D eigenvalue weighted by Crippen LogP contribution is 2.43. The second kappa shape index (κ2) is 9.36. The zero-order valence-electron chi connectivity index (χ0n) is 21.0. The van der Waals surface area contributed by atoms with Crippen molar-refractivity contribution in [1.29, 1.82) is 0 Å². The Hall–Kier alpha value is -5.50. The summed E-state index contributed by atoms with van der Waals surface area (Å²) in [4.78, 5) is 50.2. The first-order chi connectivity index (χ1) is 19.3. The molecule has 0 fully saturated rings. The van der Waals surface area contributed by atoms with Gasteiger partial charge in [-0.05, 0) is 68.6 Å². The summed E-state index contributed by atoms with van der Waals surface area (Å²) in [6, 6.07) is 22.4. The van der Waals surface area contributed by atoms with Crippen LogP contribution in [-0.2, 0) is 6.42 Å². The van der Waals surface area contributed by atoms with Gasteiger partial charge in [0.1, 0.15) is 0 Å². The van der Waals surface area contributed by atoms with Crippen molar-refractivity contribution < 1.29 is 29.4 Å². The van der Waals surface area contributed by atoms with Crippen molar-refractivity contribution in [3.05, 3.63) is 107 Å². The zero-order chi connectivity index (χ0) is 28.1. The number of aromatic carboxylic acids is 2. The minimum absolute atomic E-state index is 0.121. The standard InChI is InChI=1S/C32H22N2O6/c33-29(35)21-10-6-17-19-8-12-23(31(37)38)28-24(32(39)40)13-9-20(26(19)28)18-7-11-22(27(21)25(17)18)30(36)34-15-14-16-4-2-1-3-5-16/h1-13H,14-15H2,(H2,33,35)(H,34,36)(H,37,38)(H,39,40). The lowest BCUT2D eigenvalue weighted by Crippen LogP contribution is -2.26. The molecule has 0 saturated carbocycles. The third-order valence-corrected chi connectivity index (χ3v) is 7.41. The second-order valence-corrected chi connectivity index (χ2v) is 9.61. The van der Waals surface area contributed by atoms with Crippen molar-refractivity contribution in [1.82, 2.24) is 5.32 Å². The van der Waals surface area contributed by atoms with Crippen molar-refractivity contribution in [2.45, 2.75) is 6.42 Å². The monoisotopic (exact) mass is 530 g/mol. The molecule has 196 valence electrons. The Morgan fingerprint density at radius 3 is 1.50 bits per heavy atom. The normalized spacial score (nSPS) is 11.4. The SMILES string of the molecule is NC(=O)c1ccc2c3ccc(C(=O)O)c4c(C(=O)O)ccc(c5ccc(C(=O)NCCc6ccccc6)c1c25)c43. The van der Waals surface area contributed by atoms with E-state index in [4.69, 9.17) is 5.73 Å². The molecule has 0 bridgehead atoms. The van der Waals surface area contributed by atoms with Crippen molar-refractivity contribution in [3.63, 3.8) is 0 Å². The predicted molar refractivity (Wildman–Crippen MR) is 153 cm³/mol. The van der Waals surface area contributed by atoms with Gasteiger partial charge < -0.3 is 21.3 Å². The molecule has 0 aliphatic heterocycles. The fraction of sp³-hybridized carbons (Fsp3) is 0.0625. The van der Waals surface area contributed by atoms with Crippen LogP contribution in [0.3, 0.4) is 0 Å². The minimum atomic E-state index is -1.24. The van der Waals surface area contributed by atoms with Crippen LogP contribution in [0.4, 0.5) is 0 Å². The molecule has 0 heterocycles. The highest BCUT2D eigenvalue weighted by Gasteiger charge is 2.25. The molecule has 0 aliphatic carbocycles. The van der Waals surface area contributed by atoms with Crippen LogP contribution in [0.5, 0.6) is 0 Å². The number of carbonyl (C=O) groups excluding carboxylic acids is 2. The Morgan fingerprint density at radius 1 is 0.575 bits per heavy atom. The van der Waals surface area contributed by atoms with E-state index in [0.717, 1.165) is 5.56 Å². The lowest BCUT2D eigenvalue weighted by molar-refractivity contribution is 0.0695. The molecule has 0 atom stereocenters. The number of hydrogen-bond acceptors (Lipinski definition) is 4. The number of fused-ring (bicyclic) bond motifs is 2. The van der Waals surface area contributed by atoms with Gasteiger partial charge in [-0.15, -0.1) is 0 Å². The van der Waals surface area contributed by atoms with Gasteiger partial charge in [0, 0.05) is 28.4 Å². The first-order valence-electron chi connectivity index (χ1n) is 12.6. The van der Waals surface area contributed by atoms with Crippen LogP contribution in [-0.4, -0.2) is 40.5 Å². The average Bonchev–Trinajstić information content (AvgIpc) is 2.95. The van der Waals surface area contributed by atoms with Gasteiger partial charge in [-0.1, -0.05) is 54.6 Å². The summed E-state index contributed by atoms with van der Waals surface area (Å²) in [7, 11) is 0. The van der Waals surface area contributed by atoms with Crippen LogP contribution in [0.25, 0.3) is 43.1 Å². The first-order valence-corrected chi connectivity index (χ1v) is 12.6. The van der Waals surface area contributed by atoms with Crippen LogP contribution >= 0.6 is 0 Å². The highest BCUT2D eigenvalue weighted by atomic mass is 16.4. The number of primary amides is 1. The number of hydrogen-bond donors (Lipinski definition) is 4. The van der Waals surface area contributed by atoms with Gasteiger partial charge >= 0.3 is 11.9 Å². The Kier molecular flexibility index (Phi) is 5.80. The van der Waals surface area contributed by atoms with E-state index in [0.29, 0.717) is 50.7 Å². The molecule has 6 rings (SSSR count). The molecule has 0 saturated heterocycles. The molecule has 5 N–H and O–H groups in total. The number of nitrogens with two attached hydrogens (primary N) is 1. The number of carboxylic acid groups (broad SMARTS) is 2. The topological polar surface area (TPSA) is 147 Å². The van der Waals surface area contributed by atoms with Crippen molar-refractivity contribution >= 4 is 66.8 Å². The molecule has 0 unspecified atom stereocenters. The lowest BCUT2D eigenvalue weighted by Gasteiger charge is -2.19. The van der Waals surface area contributed by atoms with Gasteiger partial charge in [0.15, 0.2) is 0 Å². The molecular formula is C32H22N2O6. The van der Waals surface area contributed by atoms with E-state index in [2.05, 4.69) is 5.32 Å². The van der Waals surface area contributed by atoms with Crippen LogP contribution in [0.15, 0.2) is 78.9 Å². The fourth-order valence-corrected chi connectivity index (χ4v) is 5.70. The molecule has 6 aromatic rings. The third kappa shape index (κ3) is 3.77. The predicted octanol–water partition coefficient (Wildman–Crippen LogP) is 5.21. The number of rotatable bonds is 7. The summed E-state index contributed by atoms with van der Waals surface area (Å²) in [5, 5.41) is 26.8. The molecule has 0 spiro atoms. The molecule has 8 nitrogen and oxygen atoms in total. The molecule has 6 aromatic carbocycles. The molecule has 2 amide bonds. The second-order valence-electron chi connectivity index (χ2n) is 9.61. The average molecular weight is 531 g/mol. The van der Waals surface area contributed by atoms with Crippen molar-refractivity contribution in [2.75, 3.05) is 6.54 Å². The van der Waals surface area contributed by atoms with Crippen LogP contribution in [0.1, 0.15) is 47.0 Å². The van der Waals surface area contributed by atoms with Crippen LogP contribution in [0, 0.1) is 0 Å². The van der Waals surface area contributed by atoms with E-state index in [1.165, 1.54) is 12.1 Å². The maximum atomic E-state index is 13.4. The summed E-state index contributed by atoms with van der Waals surface area (Å²) < 4.78 is 0. The summed E-state index contributed by atoms with van der Waals surface area (Å²) >= 11 is 0. The fourth-order valence-electron chi connectivity index (χ4n) is 5.70. The first kappa shape index (κ1) is 24.8. The number of benzene rings is 6. The summed E-state index contributed by atoms with van der Waals surface area (Å²) in [6.45, 7) is 0.385. The number of nitrogens with one attached hydrogen (secondary N) is 1. The molecule has 0 aromatic heterocycles. The molecule has 0 radical (unpaired) electrons. The van der Waals surface area contributed by atoms with Crippen LogP contribution < -0.4 is 11.1 Å². The smallest absolute Gasteiger partial charge is 0.336 e. The molecular weight excluding hydrogens is 508 g/mol. The Morgan fingerprint density at radius 2 is 1.02 bits per heavy atom. The number of amides is 2. The maximum Gasteiger partial charge on any atom is 0.336 e. The summed E-state index contributed by atoms with van der Waals surface area (Å²) in [6.07, 6.45) is 0.629. The van der Waals surface area contributed by atoms with Gasteiger partial charge in [-0.25, -0.2) is 9.59 Å². The van der Waals surface area contributed by atoms with Gasteiger partial charge in [0.25, 0.3) is 5.91 Å². The summed E-state index contributed by atoms with van der Waals surface area (Å²) in [5.41, 5.74) is 7.05. The summed E-state index contributed by atoms with van der Waals surface area (Å²) in [5.74, 6) is -3.54. The van der Waals surface area contributed by atoms with E-state index in [1.807, 2.05) is 30.3 Å². The minimum Gasteiger partial charge on any atom is -0.478 e. The van der Waals surface area contributed by atoms with Crippen molar-refractivity contribution in [2.24, 2.45) is 5.73 Å². The van der Waals surface area contributed by atoms with Gasteiger partial charge in [0.2, 0.25) is 5.91 Å². The number of carbonyl (C=O) groups is 4. The van der Waals surface area contributed by atoms with E-state index >= 15 is 0 Å². The molecule has 0 aliphatic rings. The molecule has 8 heteroatoms. The van der Waals surface area contributed by atoms with Crippen LogP contribution in [0.2, 0.25) is 0 Å². The van der Waals surface area contributed by atoms with Gasteiger partial charge in [-0.3, -0.25) is 9.59 Å². The third-order valence-electron chi connectivity index (χ3n) is 7.41. The Labute approximate surface area is 227 Å². The van der Waals surface area contributed by atoms with Gasteiger partial charge in [0.05, 0.1) is 11.1 Å². The van der Waals surface area contributed by atoms with E-state index in [-0.39, 0.29) is 33.5 Å². The quantitative estimate of drug-likeness (QED) is 0.165. The number of carboxylic acids is 2. The van der Waals surface area contributed by atoms with E-state index in [9.17, 15) is 29.4 Å². The Bertz CT molecular complexity index is 1960. The largest absolute Gasteiger partial charge is 0.478 e.